The van der Waals surface area contributed by atoms with Crippen molar-refractivity contribution < 1.29 is 14.4 Å². The van der Waals surface area contributed by atoms with Crippen molar-refractivity contribution >= 4 is 11.7 Å². The van der Waals surface area contributed by atoms with E-state index >= 15 is 0 Å². The highest BCUT2D eigenvalue weighted by atomic mass is 16.7. The van der Waals surface area contributed by atoms with E-state index in [0.717, 1.165) is 38.1 Å². The van der Waals surface area contributed by atoms with Gasteiger partial charge in [0.2, 0.25) is 0 Å². The van der Waals surface area contributed by atoms with E-state index in [1.807, 2.05) is 0 Å². The standard InChI is InChI=1S/C11H18N2O3/c1-9(14)16-12-10-7-11(15-8-10)3-5-13(2)6-4-11/h3-8H2,1-2H3/b12-10-. The molecule has 2 aliphatic rings. The Hall–Kier alpha value is -0.940. The fraction of sp³-hybridized carbons (Fsp3) is 0.818. The van der Waals surface area contributed by atoms with E-state index in [1.165, 1.54) is 6.92 Å². The molecule has 2 aliphatic heterocycles. The van der Waals surface area contributed by atoms with E-state index in [0.29, 0.717) is 6.61 Å². The Kier molecular flexibility index (Phi) is 3.25. The third-order valence-electron chi connectivity index (χ3n) is 3.27. The van der Waals surface area contributed by atoms with Gasteiger partial charge < -0.3 is 14.5 Å². The predicted molar refractivity (Wildman–Crippen MR) is 59.2 cm³/mol. The maximum atomic E-state index is 10.6. The quantitative estimate of drug-likeness (QED) is 0.490. The third kappa shape index (κ3) is 2.59. The number of piperidine rings is 1. The monoisotopic (exact) mass is 226 g/mol. The first-order valence-corrected chi connectivity index (χ1v) is 5.65. The molecule has 0 aliphatic carbocycles. The highest BCUT2D eigenvalue weighted by Crippen LogP contribution is 2.34. The van der Waals surface area contributed by atoms with Gasteiger partial charge in [0.15, 0.2) is 0 Å². The molecular formula is C11H18N2O3. The minimum absolute atomic E-state index is 0.0501. The maximum Gasteiger partial charge on any atom is 0.331 e. The molecule has 0 aromatic rings. The molecule has 0 unspecified atom stereocenters. The van der Waals surface area contributed by atoms with Gasteiger partial charge in [0.25, 0.3) is 0 Å². The Morgan fingerprint density at radius 2 is 2.19 bits per heavy atom. The van der Waals surface area contributed by atoms with Gasteiger partial charge in [-0.2, -0.15) is 0 Å². The zero-order valence-electron chi connectivity index (χ0n) is 9.86. The average Bonchev–Trinajstić information content (AvgIpc) is 2.64. The van der Waals surface area contributed by atoms with Gasteiger partial charge >= 0.3 is 5.97 Å². The van der Waals surface area contributed by atoms with Gasteiger partial charge in [0, 0.05) is 26.4 Å². The van der Waals surface area contributed by atoms with Crippen LogP contribution in [0.1, 0.15) is 26.2 Å². The van der Waals surface area contributed by atoms with Crippen molar-refractivity contribution in [1.29, 1.82) is 0 Å². The molecule has 0 amide bonds. The van der Waals surface area contributed by atoms with Crippen molar-refractivity contribution in [2.75, 3.05) is 26.7 Å². The zero-order valence-corrected chi connectivity index (χ0v) is 9.86. The first kappa shape index (κ1) is 11.5. The fourth-order valence-electron chi connectivity index (χ4n) is 2.24. The molecule has 2 heterocycles. The highest BCUT2D eigenvalue weighted by molar-refractivity contribution is 5.88. The first-order chi connectivity index (χ1) is 7.60. The number of ether oxygens (including phenoxy) is 1. The molecule has 5 nitrogen and oxygen atoms in total. The van der Waals surface area contributed by atoms with Gasteiger partial charge in [-0.1, -0.05) is 5.16 Å². The van der Waals surface area contributed by atoms with Gasteiger partial charge in [0.1, 0.15) is 0 Å². The van der Waals surface area contributed by atoms with Gasteiger partial charge in [0.05, 0.1) is 17.9 Å². The Labute approximate surface area is 95.4 Å². The van der Waals surface area contributed by atoms with Gasteiger partial charge in [-0.15, -0.1) is 0 Å². The molecule has 2 saturated heterocycles. The zero-order chi connectivity index (χ0) is 11.6. The third-order valence-corrected chi connectivity index (χ3v) is 3.27. The molecule has 0 N–H and O–H groups in total. The lowest BCUT2D eigenvalue weighted by atomic mass is 9.88. The van der Waals surface area contributed by atoms with Crippen molar-refractivity contribution in [3.05, 3.63) is 0 Å². The lowest BCUT2D eigenvalue weighted by Crippen LogP contribution is -2.42. The van der Waals surface area contributed by atoms with E-state index < -0.39 is 0 Å². The van der Waals surface area contributed by atoms with Crippen LogP contribution in [0.25, 0.3) is 0 Å². The molecular weight excluding hydrogens is 208 g/mol. The van der Waals surface area contributed by atoms with Crippen LogP contribution in [0.15, 0.2) is 5.16 Å². The minimum atomic E-state index is -0.378. The van der Waals surface area contributed by atoms with E-state index in [4.69, 9.17) is 4.74 Å². The Bertz CT molecular complexity index is 306. The summed E-state index contributed by atoms with van der Waals surface area (Å²) in [5.41, 5.74) is 0.797. The largest absolute Gasteiger partial charge is 0.368 e. The average molecular weight is 226 g/mol. The number of carbonyl (C=O) groups is 1. The minimum Gasteiger partial charge on any atom is -0.368 e. The van der Waals surface area contributed by atoms with Crippen molar-refractivity contribution in [1.82, 2.24) is 4.90 Å². The molecule has 5 heteroatoms. The number of oxime groups is 1. The topological polar surface area (TPSA) is 51.1 Å². The maximum absolute atomic E-state index is 10.6. The van der Waals surface area contributed by atoms with Crippen LogP contribution < -0.4 is 0 Å². The van der Waals surface area contributed by atoms with Crippen LogP contribution in [0.2, 0.25) is 0 Å². The predicted octanol–water partition coefficient (Wildman–Crippen LogP) is 0.790. The van der Waals surface area contributed by atoms with E-state index in [9.17, 15) is 4.79 Å². The first-order valence-electron chi connectivity index (χ1n) is 5.65. The number of nitrogens with zero attached hydrogens (tertiary/aromatic N) is 2. The lowest BCUT2D eigenvalue weighted by molar-refractivity contribution is -0.140. The molecule has 1 spiro atoms. The van der Waals surface area contributed by atoms with Crippen molar-refractivity contribution in [3.8, 4) is 0 Å². The summed E-state index contributed by atoms with van der Waals surface area (Å²) in [5, 5.41) is 3.82. The molecule has 0 bridgehead atoms. The van der Waals surface area contributed by atoms with Crippen molar-refractivity contribution in [3.63, 3.8) is 0 Å². The Balaban J connectivity index is 1.92. The van der Waals surface area contributed by atoms with E-state index in [2.05, 4.69) is 21.9 Å². The summed E-state index contributed by atoms with van der Waals surface area (Å²) in [6.45, 7) is 3.96. The Morgan fingerprint density at radius 3 is 2.81 bits per heavy atom. The molecule has 0 radical (unpaired) electrons. The van der Waals surface area contributed by atoms with Crippen LogP contribution in [0, 0.1) is 0 Å². The molecule has 90 valence electrons. The fourth-order valence-corrected chi connectivity index (χ4v) is 2.24. The normalized spacial score (nSPS) is 27.5. The number of hydrogen-bond acceptors (Lipinski definition) is 5. The summed E-state index contributed by atoms with van der Waals surface area (Å²) in [6.07, 6.45) is 2.86. The SMILES string of the molecule is CC(=O)O/N=C1\COC2(CCN(C)CC2)C1. The molecule has 0 atom stereocenters. The summed E-state index contributed by atoms with van der Waals surface area (Å²) < 4.78 is 5.83. The van der Waals surface area contributed by atoms with Crippen LogP contribution in [0.4, 0.5) is 0 Å². The second-order valence-electron chi connectivity index (χ2n) is 4.69. The molecule has 0 saturated carbocycles. The van der Waals surface area contributed by atoms with E-state index in [1.54, 1.807) is 0 Å². The number of carbonyl (C=O) groups excluding carboxylic acids is 1. The summed E-state index contributed by atoms with van der Waals surface area (Å²) in [5.74, 6) is -0.378. The molecule has 0 aromatic heterocycles. The summed E-state index contributed by atoms with van der Waals surface area (Å²) in [6, 6.07) is 0. The van der Waals surface area contributed by atoms with Crippen LogP contribution in [-0.2, 0) is 14.4 Å². The lowest BCUT2D eigenvalue weighted by Gasteiger charge is -2.36. The van der Waals surface area contributed by atoms with Crippen molar-refractivity contribution in [2.45, 2.75) is 31.8 Å². The second kappa shape index (κ2) is 4.51. The number of hydrogen-bond donors (Lipinski definition) is 0. The van der Waals surface area contributed by atoms with Crippen LogP contribution in [0.5, 0.6) is 0 Å². The number of likely N-dealkylation sites (tertiary alicyclic amines) is 1. The molecule has 16 heavy (non-hydrogen) atoms. The Morgan fingerprint density at radius 1 is 1.50 bits per heavy atom. The molecule has 0 aromatic carbocycles. The second-order valence-corrected chi connectivity index (χ2v) is 4.69. The van der Waals surface area contributed by atoms with Crippen LogP contribution >= 0.6 is 0 Å². The van der Waals surface area contributed by atoms with Crippen molar-refractivity contribution in [2.24, 2.45) is 5.16 Å². The van der Waals surface area contributed by atoms with Crippen LogP contribution in [0.3, 0.4) is 0 Å². The summed E-state index contributed by atoms with van der Waals surface area (Å²) >= 11 is 0. The van der Waals surface area contributed by atoms with Gasteiger partial charge in [-0.25, -0.2) is 4.79 Å². The smallest absolute Gasteiger partial charge is 0.331 e. The van der Waals surface area contributed by atoms with Gasteiger partial charge in [-0.3, -0.25) is 0 Å². The number of rotatable bonds is 1. The summed E-state index contributed by atoms with van der Waals surface area (Å²) in [4.78, 5) is 17.6. The van der Waals surface area contributed by atoms with E-state index in [-0.39, 0.29) is 11.6 Å². The molecule has 2 rings (SSSR count). The van der Waals surface area contributed by atoms with Gasteiger partial charge in [-0.05, 0) is 19.9 Å². The highest BCUT2D eigenvalue weighted by Gasteiger charge is 2.40. The van der Waals surface area contributed by atoms with Crippen LogP contribution in [-0.4, -0.2) is 48.9 Å². The molecule has 2 fully saturated rings. The summed E-state index contributed by atoms with van der Waals surface area (Å²) in [7, 11) is 2.12.